The molecule has 1 aromatic heterocycles. The van der Waals surface area contributed by atoms with E-state index in [1.807, 2.05) is 81.4 Å². The third-order valence-electron chi connectivity index (χ3n) is 8.28. The summed E-state index contributed by atoms with van der Waals surface area (Å²) in [5, 5.41) is 10.2. The maximum atomic E-state index is 13.4. The van der Waals surface area contributed by atoms with E-state index < -0.39 is 12.1 Å². The molecule has 4 aromatic rings. The minimum atomic E-state index is -0.646. The third kappa shape index (κ3) is 8.30. The van der Waals surface area contributed by atoms with Crippen molar-refractivity contribution in [1.29, 1.82) is 0 Å². The van der Waals surface area contributed by atoms with E-state index in [0.29, 0.717) is 34.3 Å². The van der Waals surface area contributed by atoms with E-state index in [0.717, 1.165) is 61.3 Å². The zero-order valence-corrected chi connectivity index (χ0v) is 28.0. The van der Waals surface area contributed by atoms with Crippen LogP contribution in [0.5, 0.6) is 17.2 Å². The first-order valence-electron chi connectivity index (χ1n) is 15.8. The van der Waals surface area contributed by atoms with Crippen LogP contribution in [0.1, 0.15) is 39.0 Å². The Bertz CT molecular complexity index is 1730. The highest BCUT2D eigenvalue weighted by molar-refractivity contribution is 6.08. The maximum Gasteiger partial charge on any atom is 0.411 e. The number of ether oxygens (including phenoxy) is 3. The maximum absolute atomic E-state index is 13.4. The van der Waals surface area contributed by atoms with E-state index in [1.165, 1.54) is 14.2 Å². The van der Waals surface area contributed by atoms with E-state index in [1.54, 1.807) is 6.20 Å². The number of likely N-dealkylation sites (N-methyl/N-ethyl adjacent to an activating group) is 1. The number of nitrogens with one attached hydrogen (secondary N) is 3. The Morgan fingerprint density at radius 2 is 1.49 bits per heavy atom. The van der Waals surface area contributed by atoms with Gasteiger partial charge in [0, 0.05) is 55.8 Å². The number of carbonyl (C=O) groups is 2. The average molecular weight is 641 g/mol. The fourth-order valence-electron chi connectivity index (χ4n) is 5.60. The van der Waals surface area contributed by atoms with Gasteiger partial charge in [-0.25, -0.2) is 9.59 Å². The van der Waals surface area contributed by atoms with E-state index in [2.05, 4.69) is 37.7 Å². The number of nitrogens with zero attached hydrogens (tertiary/aromatic N) is 3. The molecule has 0 aliphatic carbocycles. The van der Waals surface area contributed by atoms with Crippen molar-refractivity contribution >= 4 is 40.0 Å². The molecule has 0 unspecified atom stereocenters. The number of methoxy groups -OCH3 is 2. The van der Waals surface area contributed by atoms with Gasteiger partial charge in [0.25, 0.3) is 0 Å². The van der Waals surface area contributed by atoms with Gasteiger partial charge < -0.3 is 29.7 Å². The normalized spacial score (nSPS) is 14.0. The van der Waals surface area contributed by atoms with Gasteiger partial charge in [0.2, 0.25) is 0 Å². The SMILES string of the molecule is CCN1CCN(Cc2cc(Oc3ccc(NC(=O)Nc4cc(C(C)(C)C)cc(NC(=O)OC)c4OC)c4ccccc34)ccn2)CC1. The van der Waals surface area contributed by atoms with E-state index in [4.69, 9.17) is 14.2 Å². The van der Waals surface area contributed by atoms with Crippen molar-refractivity contribution in [2.45, 2.75) is 39.7 Å². The number of urea groups is 1. The van der Waals surface area contributed by atoms with Crippen LogP contribution < -0.4 is 25.4 Å². The van der Waals surface area contributed by atoms with Gasteiger partial charge in [0.1, 0.15) is 11.5 Å². The van der Waals surface area contributed by atoms with Crippen molar-refractivity contribution in [3.05, 3.63) is 78.1 Å². The molecular weight excluding hydrogens is 596 g/mol. The third-order valence-corrected chi connectivity index (χ3v) is 8.28. The quantitative estimate of drug-likeness (QED) is 0.175. The second kappa shape index (κ2) is 14.7. The highest BCUT2D eigenvalue weighted by atomic mass is 16.5. The molecule has 0 bridgehead atoms. The molecule has 1 fully saturated rings. The van der Waals surface area contributed by atoms with Crippen LogP contribution in [-0.4, -0.2) is 73.9 Å². The van der Waals surface area contributed by atoms with Gasteiger partial charge in [-0.15, -0.1) is 0 Å². The molecule has 1 saturated heterocycles. The summed E-state index contributed by atoms with van der Waals surface area (Å²) in [5.74, 6) is 1.67. The Morgan fingerprint density at radius 1 is 0.830 bits per heavy atom. The van der Waals surface area contributed by atoms with E-state index in [-0.39, 0.29) is 5.41 Å². The molecule has 0 saturated carbocycles. The largest absolute Gasteiger partial charge is 0.492 e. The number of piperazine rings is 1. The number of benzene rings is 3. The molecule has 3 amide bonds. The zero-order chi connectivity index (χ0) is 33.6. The predicted molar refractivity (Wildman–Crippen MR) is 186 cm³/mol. The highest BCUT2D eigenvalue weighted by Crippen LogP contribution is 2.39. The molecule has 47 heavy (non-hydrogen) atoms. The predicted octanol–water partition coefficient (Wildman–Crippen LogP) is 7.29. The summed E-state index contributed by atoms with van der Waals surface area (Å²) in [6.45, 7) is 14.4. The van der Waals surface area contributed by atoms with Crippen LogP contribution in [0.3, 0.4) is 0 Å². The molecule has 0 atom stereocenters. The standard InChI is InChI=1S/C36H44N6O5/c1-7-41-16-18-42(19-17-41)23-25-22-26(14-15-37-25)47-32-13-12-29(27-10-8-9-11-28(27)32)38-34(43)39-30-20-24(36(2,3)4)21-31(33(30)45-5)40-35(44)46-6/h8-15,20-22H,7,16-19,23H2,1-6H3,(H,40,44)(H2,38,39,43). The first-order chi connectivity index (χ1) is 22.6. The summed E-state index contributed by atoms with van der Waals surface area (Å²) < 4.78 is 16.8. The minimum absolute atomic E-state index is 0.280. The number of hydrogen-bond acceptors (Lipinski definition) is 8. The van der Waals surface area contributed by atoms with Crippen LogP contribution in [0.25, 0.3) is 10.8 Å². The van der Waals surface area contributed by atoms with Gasteiger partial charge in [0.05, 0.1) is 37.0 Å². The molecular formula is C36H44N6O5. The van der Waals surface area contributed by atoms with Crippen LogP contribution in [0.2, 0.25) is 0 Å². The lowest BCUT2D eigenvalue weighted by Crippen LogP contribution is -2.45. The monoisotopic (exact) mass is 640 g/mol. The van der Waals surface area contributed by atoms with Gasteiger partial charge in [-0.2, -0.15) is 0 Å². The van der Waals surface area contributed by atoms with Crippen molar-refractivity contribution in [3.63, 3.8) is 0 Å². The number of pyridine rings is 1. The number of carbonyl (C=O) groups excluding carboxylic acids is 2. The Balaban J connectivity index is 1.35. The van der Waals surface area contributed by atoms with Gasteiger partial charge in [-0.05, 0) is 47.9 Å². The number of anilines is 3. The first-order valence-corrected chi connectivity index (χ1v) is 15.8. The van der Waals surface area contributed by atoms with Crippen LogP contribution in [0.15, 0.2) is 66.9 Å². The van der Waals surface area contributed by atoms with Gasteiger partial charge in [-0.1, -0.05) is 52.0 Å². The topological polar surface area (TPSA) is 117 Å². The lowest BCUT2D eigenvalue weighted by molar-refractivity contribution is 0.131. The molecule has 0 radical (unpaired) electrons. The molecule has 1 aliphatic rings. The Hall–Kier alpha value is -4.87. The molecule has 248 valence electrons. The fourth-order valence-corrected chi connectivity index (χ4v) is 5.60. The summed E-state index contributed by atoms with van der Waals surface area (Å²) in [5.41, 5.74) is 2.94. The zero-order valence-electron chi connectivity index (χ0n) is 28.0. The second-order valence-corrected chi connectivity index (χ2v) is 12.5. The first kappa shape index (κ1) is 33.5. The average Bonchev–Trinajstić information content (AvgIpc) is 3.06. The fraction of sp³-hybridized carbons (Fsp3) is 0.361. The Labute approximate surface area is 276 Å². The van der Waals surface area contributed by atoms with Crippen LogP contribution >= 0.6 is 0 Å². The lowest BCUT2D eigenvalue weighted by atomic mass is 9.86. The summed E-state index contributed by atoms with van der Waals surface area (Å²) in [4.78, 5) is 35.0. The van der Waals surface area contributed by atoms with Crippen molar-refractivity contribution < 1.29 is 23.8 Å². The van der Waals surface area contributed by atoms with Gasteiger partial charge >= 0.3 is 12.1 Å². The minimum Gasteiger partial charge on any atom is -0.492 e. The van der Waals surface area contributed by atoms with Crippen molar-refractivity contribution in [2.24, 2.45) is 0 Å². The Morgan fingerprint density at radius 3 is 2.15 bits per heavy atom. The molecule has 0 spiro atoms. The summed E-state index contributed by atoms with van der Waals surface area (Å²) >= 11 is 0. The van der Waals surface area contributed by atoms with Crippen molar-refractivity contribution in [3.8, 4) is 17.2 Å². The summed E-state index contributed by atoms with van der Waals surface area (Å²) in [7, 11) is 2.76. The van der Waals surface area contributed by atoms with Gasteiger partial charge in [0.15, 0.2) is 5.75 Å². The molecule has 3 N–H and O–H groups in total. The van der Waals surface area contributed by atoms with E-state index >= 15 is 0 Å². The van der Waals surface area contributed by atoms with Gasteiger partial charge in [-0.3, -0.25) is 15.2 Å². The number of rotatable bonds is 9. The smallest absolute Gasteiger partial charge is 0.411 e. The Kier molecular flexibility index (Phi) is 10.5. The van der Waals surface area contributed by atoms with Crippen molar-refractivity contribution in [2.75, 3.05) is 62.9 Å². The highest BCUT2D eigenvalue weighted by Gasteiger charge is 2.22. The molecule has 1 aliphatic heterocycles. The molecule has 11 heteroatoms. The molecule has 3 aromatic carbocycles. The number of hydrogen-bond donors (Lipinski definition) is 3. The van der Waals surface area contributed by atoms with Crippen LogP contribution in [0.4, 0.5) is 26.7 Å². The van der Waals surface area contributed by atoms with Crippen molar-refractivity contribution in [1.82, 2.24) is 14.8 Å². The number of amides is 3. The summed E-state index contributed by atoms with van der Waals surface area (Å²) in [6.07, 6.45) is 1.14. The van der Waals surface area contributed by atoms with E-state index in [9.17, 15) is 9.59 Å². The van der Waals surface area contributed by atoms with Crippen LogP contribution in [0, 0.1) is 0 Å². The molecule has 5 rings (SSSR count). The number of aromatic nitrogens is 1. The lowest BCUT2D eigenvalue weighted by Gasteiger charge is -2.33. The van der Waals surface area contributed by atoms with Crippen LogP contribution in [-0.2, 0) is 16.7 Å². The summed E-state index contributed by atoms with van der Waals surface area (Å²) in [6, 6.07) is 18.4. The second-order valence-electron chi connectivity index (χ2n) is 12.5. The molecule has 2 heterocycles. The molecule has 11 nitrogen and oxygen atoms in total. The number of fused-ring (bicyclic) bond motifs is 1.